The molecule has 3 aromatic carbocycles. The van der Waals surface area contributed by atoms with Crippen LogP contribution in [0.3, 0.4) is 0 Å². The topological polar surface area (TPSA) is 67.9 Å². The molecule has 190 valence electrons. The van der Waals surface area contributed by atoms with E-state index in [0.29, 0.717) is 22.9 Å². The summed E-state index contributed by atoms with van der Waals surface area (Å²) in [5, 5.41) is 3.61. The monoisotopic (exact) mass is 508 g/mol. The van der Waals surface area contributed by atoms with Gasteiger partial charge in [0.25, 0.3) is 5.91 Å². The number of halogens is 1. The summed E-state index contributed by atoms with van der Waals surface area (Å²) < 4.78 is 11.0. The molecule has 1 N–H and O–H groups in total. The van der Waals surface area contributed by atoms with Crippen molar-refractivity contribution in [3.05, 3.63) is 95.0 Å². The lowest BCUT2D eigenvalue weighted by Gasteiger charge is -2.33. The van der Waals surface area contributed by atoms with Gasteiger partial charge >= 0.3 is 0 Å². The van der Waals surface area contributed by atoms with Gasteiger partial charge in [-0.2, -0.15) is 0 Å². The van der Waals surface area contributed by atoms with Gasteiger partial charge in [0.1, 0.15) is 17.5 Å². The molecule has 2 amide bonds. The Hall–Kier alpha value is -3.51. The fourth-order valence-corrected chi connectivity index (χ4v) is 3.95. The van der Waals surface area contributed by atoms with E-state index in [1.165, 1.54) is 0 Å². The van der Waals surface area contributed by atoms with Gasteiger partial charge in [0, 0.05) is 23.5 Å². The van der Waals surface area contributed by atoms with E-state index >= 15 is 0 Å². The first-order valence-corrected chi connectivity index (χ1v) is 12.2. The molecular formula is C29H33ClN2O4. The molecule has 0 aliphatic carbocycles. The Kier molecular flexibility index (Phi) is 9.37. The van der Waals surface area contributed by atoms with Crippen LogP contribution in [0.15, 0.2) is 78.9 Å². The predicted octanol–water partition coefficient (Wildman–Crippen LogP) is 5.28. The average Bonchev–Trinajstić information content (AvgIpc) is 2.84. The molecule has 0 saturated carbocycles. The lowest BCUT2D eigenvalue weighted by atomic mass is 10.0. The van der Waals surface area contributed by atoms with Gasteiger partial charge in [0.15, 0.2) is 6.61 Å². The van der Waals surface area contributed by atoms with Crippen LogP contribution in [0.25, 0.3) is 0 Å². The van der Waals surface area contributed by atoms with Gasteiger partial charge in [0.05, 0.1) is 7.11 Å². The summed E-state index contributed by atoms with van der Waals surface area (Å²) in [6.07, 6.45) is 0.359. The van der Waals surface area contributed by atoms with Crippen LogP contribution in [-0.2, 0) is 22.6 Å². The van der Waals surface area contributed by atoms with E-state index in [0.717, 1.165) is 11.1 Å². The second-order valence-electron chi connectivity index (χ2n) is 9.56. The van der Waals surface area contributed by atoms with E-state index in [2.05, 4.69) is 5.32 Å². The molecule has 0 heterocycles. The maximum absolute atomic E-state index is 13.6. The molecule has 0 unspecified atom stereocenters. The first-order valence-electron chi connectivity index (χ1n) is 11.8. The number of hydrogen-bond acceptors (Lipinski definition) is 4. The largest absolute Gasteiger partial charge is 0.497 e. The predicted molar refractivity (Wildman–Crippen MR) is 142 cm³/mol. The second kappa shape index (κ2) is 12.5. The van der Waals surface area contributed by atoms with Crippen LogP contribution in [-0.4, -0.2) is 42.0 Å². The lowest BCUT2D eigenvalue weighted by Crippen LogP contribution is -2.55. The summed E-state index contributed by atoms with van der Waals surface area (Å²) in [4.78, 5) is 28.7. The molecule has 3 aromatic rings. The second-order valence-corrected chi connectivity index (χ2v) is 10.00. The number of hydrogen-bond donors (Lipinski definition) is 1. The van der Waals surface area contributed by atoms with E-state index in [1.807, 2.05) is 63.2 Å². The zero-order chi connectivity index (χ0) is 26.1. The summed E-state index contributed by atoms with van der Waals surface area (Å²) in [6.45, 7) is 5.74. The SMILES string of the molecule is COc1ccc(OCC(=O)N(Cc2cccc(Cl)c2)[C@H](Cc2ccccc2)C(=O)NC(C)(C)C)cc1. The molecule has 0 fully saturated rings. The fraction of sp³-hybridized carbons (Fsp3) is 0.310. The van der Waals surface area contributed by atoms with Gasteiger partial charge in [-0.1, -0.05) is 54.1 Å². The van der Waals surface area contributed by atoms with Crippen LogP contribution >= 0.6 is 11.6 Å². The van der Waals surface area contributed by atoms with Crippen molar-refractivity contribution in [2.24, 2.45) is 0 Å². The molecule has 3 rings (SSSR count). The summed E-state index contributed by atoms with van der Waals surface area (Å²) in [6, 6.07) is 23.2. The van der Waals surface area contributed by atoms with Crippen LogP contribution in [0.2, 0.25) is 5.02 Å². The number of carbonyl (C=O) groups excluding carboxylic acids is 2. The summed E-state index contributed by atoms with van der Waals surface area (Å²) >= 11 is 6.22. The third-order valence-electron chi connectivity index (χ3n) is 5.43. The Morgan fingerprint density at radius 1 is 0.917 bits per heavy atom. The van der Waals surface area contributed by atoms with Gasteiger partial charge < -0.3 is 19.7 Å². The van der Waals surface area contributed by atoms with E-state index in [-0.39, 0.29) is 25.0 Å². The molecule has 0 aliphatic rings. The Balaban J connectivity index is 1.91. The van der Waals surface area contributed by atoms with Gasteiger partial charge in [-0.15, -0.1) is 0 Å². The lowest BCUT2D eigenvalue weighted by molar-refractivity contribution is -0.143. The Morgan fingerprint density at radius 3 is 2.17 bits per heavy atom. The Morgan fingerprint density at radius 2 is 1.56 bits per heavy atom. The van der Waals surface area contributed by atoms with E-state index in [4.69, 9.17) is 21.1 Å². The highest BCUT2D eigenvalue weighted by molar-refractivity contribution is 6.30. The Bertz CT molecular complexity index is 1140. The molecule has 0 aromatic heterocycles. The van der Waals surface area contributed by atoms with Crippen molar-refractivity contribution in [2.75, 3.05) is 13.7 Å². The van der Waals surface area contributed by atoms with Gasteiger partial charge in [-0.3, -0.25) is 9.59 Å². The highest BCUT2D eigenvalue weighted by Crippen LogP contribution is 2.20. The smallest absolute Gasteiger partial charge is 0.261 e. The first-order chi connectivity index (χ1) is 17.1. The third kappa shape index (κ3) is 8.31. The van der Waals surface area contributed by atoms with Gasteiger partial charge in [-0.25, -0.2) is 0 Å². The molecule has 36 heavy (non-hydrogen) atoms. The maximum atomic E-state index is 13.6. The molecule has 0 spiro atoms. The van der Waals surface area contributed by atoms with Crippen molar-refractivity contribution >= 4 is 23.4 Å². The zero-order valence-corrected chi connectivity index (χ0v) is 21.9. The van der Waals surface area contributed by atoms with Crippen molar-refractivity contribution in [1.82, 2.24) is 10.2 Å². The van der Waals surface area contributed by atoms with Crippen LogP contribution < -0.4 is 14.8 Å². The number of nitrogens with zero attached hydrogens (tertiary/aromatic N) is 1. The van der Waals surface area contributed by atoms with Crippen molar-refractivity contribution in [3.63, 3.8) is 0 Å². The highest BCUT2D eigenvalue weighted by Gasteiger charge is 2.32. The summed E-state index contributed by atoms with van der Waals surface area (Å²) in [7, 11) is 1.59. The minimum atomic E-state index is -0.752. The number of rotatable bonds is 10. The number of carbonyl (C=O) groups is 2. The number of nitrogens with one attached hydrogen (secondary N) is 1. The minimum Gasteiger partial charge on any atom is -0.497 e. The normalized spacial score (nSPS) is 11.9. The van der Waals surface area contributed by atoms with Crippen LogP contribution in [0.5, 0.6) is 11.5 Å². The van der Waals surface area contributed by atoms with Crippen LogP contribution in [0, 0.1) is 0 Å². The fourth-order valence-electron chi connectivity index (χ4n) is 3.74. The first kappa shape index (κ1) is 27.1. The zero-order valence-electron chi connectivity index (χ0n) is 21.2. The molecule has 7 heteroatoms. The van der Waals surface area contributed by atoms with Crippen molar-refractivity contribution in [2.45, 2.75) is 45.3 Å². The molecule has 0 bridgehead atoms. The van der Waals surface area contributed by atoms with Crippen LogP contribution in [0.1, 0.15) is 31.9 Å². The minimum absolute atomic E-state index is 0.209. The summed E-state index contributed by atoms with van der Waals surface area (Å²) in [5.41, 5.74) is 1.31. The van der Waals surface area contributed by atoms with E-state index in [9.17, 15) is 9.59 Å². The van der Waals surface area contributed by atoms with Gasteiger partial charge in [0.2, 0.25) is 5.91 Å². The van der Waals surface area contributed by atoms with E-state index in [1.54, 1.807) is 48.4 Å². The quantitative estimate of drug-likeness (QED) is 0.404. The number of ether oxygens (including phenoxy) is 2. The summed E-state index contributed by atoms with van der Waals surface area (Å²) in [5.74, 6) is 0.686. The van der Waals surface area contributed by atoms with Crippen molar-refractivity contribution < 1.29 is 19.1 Å². The molecule has 1 atom stereocenters. The maximum Gasteiger partial charge on any atom is 0.261 e. The van der Waals surface area contributed by atoms with Gasteiger partial charge in [-0.05, 0) is 68.3 Å². The number of methoxy groups -OCH3 is 1. The molecule has 0 aliphatic heterocycles. The Labute approximate surface area is 218 Å². The number of amides is 2. The average molecular weight is 509 g/mol. The van der Waals surface area contributed by atoms with E-state index < -0.39 is 11.6 Å². The van der Waals surface area contributed by atoms with Crippen molar-refractivity contribution in [1.29, 1.82) is 0 Å². The molecular weight excluding hydrogens is 476 g/mol. The number of benzene rings is 3. The third-order valence-corrected chi connectivity index (χ3v) is 5.67. The molecule has 0 saturated heterocycles. The highest BCUT2D eigenvalue weighted by atomic mass is 35.5. The molecule has 0 radical (unpaired) electrons. The molecule has 6 nitrogen and oxygen atoms in total. The van der Waals surface area contributed by atoms with Crippen molar-refractivity contribution in [3.8, 4) is 11.5 Å². The van der Waals surface area contributed by atoms with Crippen LogP contribution in [0.4, 0.5) is 0 Å². The standard InChI is InChI=1S/C29H33ClN2O4/c1-29(2,3)31-28(34)26(18-21-9-6-5-7-10-21)32(19-22-11-8-12-23(30)17-22)27(33)20-36-25-15-13-24(35-4)14-16-25/h5-17,26H,18-20H2,1-4H3,(H,31,34)/t26-/m1/s1.